The molecule has 0 aromatic heterocycles. The van der Waals surface area contributed by atoms with Gasteiger partial charge in [-0.2, -0.15) is 13.2 Å². The van der Waals surface area contributed by atoms with Crippen molar-refractivity contribution in [2.75, 3.05) is 33.4 Å². The maximum absolute atomic E-state index is 13.1. The molecule has 1 atom stereocenters. The van der Waals surface area contributed by atoms with Crippen LogP contribution in [0.25, 0.3) is 6.08 Å². The molecule has 51 heavy (non-hydrogen) atoms. The van der Waals surface area contributed by atoms with Gasteiger partial charge in [0, 0.05) is 42.3 Å². The van der Waals surface area contributed by atoms with Crippen molar-refractivity contribution in [1.82, 2.24) is 15.5 Å². The molecular weight excluding hydrogens is 683 g/mol. The minimum atomic E-state index is -5.08. The first-order chi connectivity index (χ1) is 24.0. The van der Waals surface area contributed by atoms with E-state index in [4.69, 9.17) is 35.3 Å². The Morgan fingerprint density at radius 2 is 1.59 bits per heavy atom. The summed E-state index contributed by atoms with van der Waals surface area (Å²) in [7, 11) is 1.16. The van der Waals surface area contributed by atoms with E-state index in [-0.39, 0.29) is 48.4 Å². The number of carboxylic acids is 1. The standard InChI is InChI=1S/C31H37N5O8.C2HF3O2/c1-4-43-27(38)17-24(35-29(39)20-7-9-21(10-8-20)30(40)36-13-5-6-14-36)18-44-26-16-23(28(32)33)12-11-22(26)15-25(31(41)42-3)34-19(2)37;3-2(4,5)1(6)7/h7-12,15-16,24H,4-6,13-14,17-18H2,1-3H3,(H3,32,33)(H,34,37)(H,35,39);(H,6,7)/t24-;/m1./s1. The van der Waals surface area contributed by atoms with Gasteiger partial charge in [0.15, 0.2) is 0 Å². The molecule has 0 radical (unpaired) electrons. The lowest BCUT2D eigenvalue weighted by atomic mass is 10.1. The van der Waals surface area contributed by atoms with E-state index in [0.29, 0.717) is 29.8 Å². The number of rotatable bonds is 13. The monoisotopic (exact) mass is 721 g/mol. The summed E-state index contributed by atoms with van der Waals surface area (Å²) >= 11 is 0. The van der Waals surface area contributed by atoms with Crippen molar-refractivity contribution in [1.29, 1.82) is 5.41 Å². The van der Waals surface area contributed by atoms with Crippen LogP contribution in [0.5, 0.6) is 5.75 Å². The maximum Gasteiger partial charge on any atom is 0.490 e. The minimum Gasteiger partial charge on any atom is -0.491 e. The van der Waals surface area contributed by atoms with E-state index in [1.54, 1.807) is 24.0 Å². The molecule has 6 N–H and O–H groups in total. The third-order valence-electron chi connectivity index (χ3n) is 6.86. The van der Waals surface area contributed by atoms with Gasteiger partial charge in [-0.05, 0) is 56.2 Å². The zero-order valence-electron chi connectivity index (χ0n) is 27.9. The van der Waals surface area contributed by atoms with Crippen LogP contribution in [0, 0.1) is 5.41 Å². The predicted molar refractivity (Wildman–Crippen MR) is 175 cm³/mol. The van der Waals surface area contributed by atoms with Gasteiger partial charge in [-0.25, -0.2) is 9.59 Å². The number of carbonyl (C=O) groups is 6. The molecule has 2 aromatic carbocycles. The second-order valence-electron chi connectivity index (χ2n) is 10.8. The molecule has 1 aliphatic heterocycles. The van der Waals surface area contributed by atoms with Crippen molar-refractivity contribution in [2.24, 2.45) is 5.73 Å². The summed E-state index contributed by atoms with van der Waals surface area (Å²) in [5, 5.41) is 20.1. The topological polar surface area (TPSA) is 228 Å². The molecule has 276 valence electrons. The molecule has 0 unspecified atom stereocenters. The van der Waals surface area contributed by atoms with Gasteiger partial charge in [-0.15, -0.1) is 0 Å². The van der Waals surface area contributed by atoms with Gasteiger partial charge >= 0.3 is 24.1 Å². The summed E-state index contributed by atoms with van der Waals surface area (Å²) in [5.74, 6) is -5.32. The number of aliphatic carboxylic acids is 1. The van der Waals surface area contributed by atoms with Gasteiger partial charge in [-0.1, -0.05) is 12.1 Å². The van der Waals surface area contributed by atoms with Crippen LogP contribution in [0.15, 0.2) is 48.2 Å². The van der Waals surface area contributed by atoms with Gasteiger partial charge in [0.25, 0.3) is 11.8 Å². The van der Waals surface area contributed by atoms with E-state index in [0.717, 1.165) is 20.0 Å². The minimum absolute atomic E-state index is 0.0884. The maximum atomic E-state index is 13.1. The molecule has 1 aliphatic rings. The largest absolute Gasteiger partial charge is 0.491 e. The molecule has 0 bridgehead atoms. The molecule has 3 amide bonds. The number of carbonyl (C=O) groups excluding carboxylic acids is 5. The van der Waals surface area contributed by atoms with Crippen molar-refractivity contribution in [3.8, 4) is 5.75 Å². The molecule has 1 fully saturated rings. The number of amides is 3. The third kappa shape index (κ3) is 13.5. The highest BCUT2D eigenvalue weighted by Gasteiger charge is 2.38. The zero-order chi connectivity index (χ0) is 38.3. The Kier molecular flexibility index (Phi) is 15.6. The number of ether oxygens (including phenoxy) is 3. The van der Waals surface area contributed by atoms with Gasteiger partial charge in [0.1, 0.15) is 23.9 Å². The highest BCUT2D eigenvalue weighted by molar-refractivity contribution is 5.99. The number of nitrogens with two attached hydrogens (primary N) is 1. The number of esters is 2. The lowest BCUT2D eigenvalue weighted by Gasteiger charge is -2.20. The molecule has 1 heterocycles. The van der Waals surface area contributed by atoms with Gasteiger partial charge in [0.05, 0.1) is 26.2 Å². The second-order valence-corrected chi connectivity index (χ2v) is 10.8. The fraction of sp³-hybridized carbons (Fsp3) is 0.364. The molecule has 18 heteroatoms. The molecule has 0 aliphatic carbocycles. The van der Waals surface area contributed by atoms with E-state index in [9.17, 15) is 37.1 Å². The van der Waals surface area contributed by atoms with Crippen LogP contribution in [-0.4, -0.2) is 97.1 Å². The number of hydrogen-bond donors (Lipinski definition) is 5. The summed E-state index contributed by atoms with van der Waals surface area (Å²) < 4.78 is 47.6. The van der Waals surface area contributed by atoms with E-state index in [1.165, 1.54) is 43.3 Å². The number of nitrogens with one attached hydrogen (secondary N) is 3. The Morgan fingerprint density at radius 1 is 1.02 bits per heavy atom. The quantitative estimate of drug-likeness (QED) is 0.0874. The number of benzene rings is 2. The summed E-state index contributed by atoms with van der Waals surface area (Å²) in [4.78, 5) is 72.8. The van der Waals surface area contributed by atoms with E-state index < -0.39 is 41.9 Å². The number of alkyl halides is 3. The van der Waals surface area contributed by atoms with Crippen molar-refractivity contribution in [3.63, 3.8) is 0 Å². The summed E-state index contributed by atoms with van der Waals surface area (Å²) in [6.07, 6.45) is -2.04. The number of nitrogen functional groups attached to an aromatic ring is 1. The molecule has 15 nitrogen and oxygen atoms in total. The predicted octanol–water partition coefficient (Wildman–Crippen LogP) is 2.62. The van der Waals surface area contributed by atoms with Gasteiger partial charge in [-0.3, -0.25) is 24.6 Å². The van der Waals surface area contributed by atoms with E-state index in [2.05, 4.69) is 10.6 Å². The first-order valence-corrected chi connectivity index (χ1v) is 15.3. The lowest BCUT2D eigenvalue weighted by molar-refractivity contribution is -0.192. The normalized spacial score (nSPS) is 13.1. The van der Waals surface area contributed by atoms with Crippen LogP contribution in [0.2, 0.25) is 0 Å². The number of hydrogen-bond acceptors (Lipinski definition) is 10. The van der Waals surface area contributed by atoms with Crippen LogP contribution in [-0.2, 0) is 28.7 Å². The zero-order valence-corrected chi connectivity index (χ0v) is 27.9. The average molecular weight is 722 g/mol. The third-order valence-corrected chi connectivity index (χ3v) is 6.86. The van der Waals surface area contributed by atoms with Gasteiger partial charge in [0.2, 0.25) is 5.91 Å². The summed E-state index contributed by atoms with van der Waals surface area (Å²) in [5.41, 5.74) is 6.88. The Balaban J connectivity index is 0.00000116. The lowest BCUT2D eigenvalue weighted by Crippen LogP contribution is -2.41. The number of amidine groups is 1. The van der Waals surface area contributed by atoms with Crippen LogP contribution in [0.3, 0.4) is 0 Å². The van der Waals surface area contributed by atoms with Gasteiger partial charge < -0.3 is 40.6 Å². The Hall–Kier alpha value is -5.94. The molecular formula is C33H38F3N5O10. The number of carboxylic acid groups (broad SMARTS) is 1. The molecule has 3 rings (SSSR count). The molecule has 1 saturated heterocycles. The van der Waals surface area contributed by atoms with Crippen molar-refractivity contribution < 1.29 is 61.3 Å². The Morgan fingerprint density at radius 3 is 2.10 bits per heavy atom. The van der Waals surface area contributed by atoms with Crippen molar-refractivity contribution >= 4 is 47.5 Å². The van der Waals surface area contributed by atoms with Crippen LogP contribution in [0.4, 0.5) is 13.2 Å². The molecule has 0 spiro atoms. The Labute approximate surface area is 290 Å². The average Bonchev–Trinajstić information content (AvgIpc) is 3.61. The SMILES string of the molecule is CCOC(=O)C[C@H](COc1cc(C(=N)N)ccc1C=C(NC(C)=O)C(=O)OC)NC(=O)c1ccc(C(=O)N2CCCC2)cc1.O=C(O)C(F)(F)F. The van der Waals surface area contributed by atoms with Crippen LogP contribution < -0.4 is 21.1 Å². The molecule has 2 aromatic rings. The number of halogens is 3. The van der Waals surface area contributed by atoms with E-state index >= 15 is 0 Å². The number of likely N-dealkylation sites (tertiary alicyclic amines) is 1. The summed E-state index contributed by atoms with van der Waals surface area (Å²) in [6, 6.07) is 9.91. The van der Waals surface area contributed by atoms with Crippen LogP contribution >= 0.6 is 0 Å². The first kappa shape index (κ1) is 41.2. The fourth-order valence-corrected chi connectivity index (χ4v) is 4.45. The smallest absolute Gasteiger partial charge is 0.490 e. The fourth-order valence-electron chi connectivity index (χ4n) is 4.45. The number of nitrogens with zero attached hydrogens (tertiary/aromatic N) is 1. The molecule has 0 saturated carbocycles. The highest BCUT2D eigenvalue weighted by Crippen LogP contribution is 2.24. The summed E-state index contributed by atoms with van der Waals surface area (Å²) in [6.45, 7) is 4.23. The van der Waals surface area contributed by atoms with Crippen molar-refractivity contribution in [3.05, 3.63) is 70.4 Å². The van der Waals surface area contributed by atoms with E-state index in [1.807, 2.05) is 0 Å². The number of methoxy groups -OCH3 is 1. The second kappa shape index (κ2) is 19.3. The van der Waals surface area contributed by atoms with Crippen LogP contribution in [0.1, 0.15) is 65.0 Å². The first-order valence-electron chi connectivity index (χ1n) is 15.3. The Bertz CT molecular complexity index is 1640. The van der Waals surface area contributed by atoms with Crippen molar-refractivity contribution in [2.45, 2.75) is 45.3 Å². The highest BCUT2D eigenvalue weighted by atomic mass is 19.4.